The number of nitrogens with zero attached hydrogens (tertiary/aromatic N) is 2. The maximum atomic E-state index is 13.6. The summed E-state index contributed by atoms with van der Waals surface area (Å²) in [6, 6.07) is 7.45. The zero-order valence-electron chi connectivity index (χ0n) is 17.4. The highest BCUT2D eigenvalue weighted by Gasteiger charge is 2.14. The number of aryl methyl sites for hydroxylation is 1. The molecule has 0 saturated carbocycles. The van der Waals surface area contributed by atoms with Crippen LogP contribution < -0.4 is 14.8 Å². The third kappa shape index (κ3) is 7.12. The predicted octanol–water partition coefficient (Wildman–Crippen LogP) is 5.06. The molecule has 1 heterocycles. The SMILES string of the molecule is Cc1cc(Nc2ncnc3cc(OCCOC(F)F)c(OCCOC(F)F)cc23)ccc1F. The van der Waals surface area contributed by atoms with Crippen molar-refractivity contribution >= 4 is 22.4 Å². The van der Waals surface area contributed by atoms with Gasteiger partial charge in [0.25, 0.3) is 0 Å². The minimum absolute atomic E-state index is 0.130. The Labute approximate surface area is 185 Å². The fourth-order valence-corrected chi connectivity index (χ4v) is 2.83. The summed E-state index contributed by atoms with van der Waals surface area (Å²) in [5, 5.41) is 3.55. The molecule has 0 fully saturated rings. The van der Waals surface area contributed by atoms with Crippen LogP contribution in [0.15, 0.2) is 36.7 Å². The maximum absolute atomic E-state index is 13.6. The number of ether oxygens (including phenoxy) is 4. The van der Waals surface area contributed by atoms with Crippen molar-refractivity contribution in [3.8, 4) is 11.5 Å². The molecule has 0 unspecified atom stereocenters. The lowest BCUT2D eigenvalue weighted by Crippen LogP contribution is -2.12. The molecule has 0 aliphatic rings. The first kappa shape index (κ1) is 24.4. The smallest absolute Gasteiger partial charge is 0.345 e. The van der Waals surface area contributed by atoms with Crippen molar-refractivity contribution in [1.82, 2.24) is 9.97 Å². The molecular weight excluding hydrogens is 453 g/mol. The van der Waals surface area contributed by atoms with Gasteiger partial charge in [-0.05, 0) is 36.8 Å². The van der Waals surface area contributed by atoms with Gasteiger partial charge >= 0.3 is 13.2 Å². The second kappa shape index (κ2) is 11.6. The molecule has 0 saturated heterocycles. The van der Waals surface area contributed by atoms with E-state index in [2.05, 4.69) is 24.8 Å². The number of hydrogen-bond acceptors (Lipinski definition) is 7. The molecule has 33 heavy (non-hydrogen) atoms. The molecule has 3 aromatic rings. The lowest BCUT2D eigenvalue weighted by atomic mass is 10.2. The lowest BCUT2D eigenvalue weighted by Gasteiger charge is -2.15. The number of nitrogens with one attached hydrogen (secondary N) is 1. The van der Waals surface area contributed by atoms with E-state index in [0.29, 0.717) is 28.0 Å². The van der Waals surface area contributed by atoms with E-state index in [1.807, 2.05) is 0 Å². The van der Waals surface area contributed by atoms with Gasteiger partial charge in [-0.1, -0.05) is 0 Å². The molecule has 2 aromatic carbocycles. The standard InChI is InChI=1S/C21H20F5N3O4/c1-12-8-13(2-3-15(12)22)29-19-14-9-17(30-4-6-32-20(23)24)18(10-16(14)27-11-28-19)31-5-7-33-21(25)26/h2-3,8-11,20-21H,4-7H2,1H3,(H,27,28,29). The Balaban J connectivity index is 1.87. The van der Waals surface area contributed by atoms with Gasteiger partial charge in [-0.3, -0.25) is 0 Å². The van der Waals surface area contributed by atoms with Crippen molar-refractivity contribution in [3.63, 3.8) is 0 Å². The Morgan fingerprint density at radius 3 is 2.09 bits per heavy atom. The van der Waals surface area contributed by atoms with Crippen molar-refractivity contribution in [1.29, 1.82) is 0 Å². The zero-order chi connectivity index (χ0) is 23.8. The van der Waals surface area contributed by atoms with E-state index in [4.69, 9.17) is 9.47 Å². The van der Waals surface area contributed by atoms with Crippen molar-refractivity contribution in [2.45, 2.75) is 20.1 Å². The van der Waals surface area contributed by atoms with Crippen LogP contribution in [0.25, 0.3) is 10.9 Å². The van der Waals surface area contributed by atoms with Gasteiger partial charge in [0.15, 0.2) is 11.5 Å². The first-order chi connectivity index (χ1) is 15.8. The van der Waals surface area contributed by atoms with Gasteiger partial charge in [-0.2, -0.15) is 17.6 Å². The van der Waals surface area contributed by atoms with E-state index >= 15 is 0 Å². The number of rotatable bonds is 12. The maximum Gasteiger partial charge on any atom is 0.345 e. The van der Waals surface area contributed by atoms with Crippen LogP contribution in [0.4, 0.5) is 33.5 Å². The fourth-order valence-electron chi connectivity index (χ4n) is 2.83. The number of benzene rings is 2. The third-order valence-electron chi connectivity index (χ3n) is 4.29. The molecule has 0 spiro atoms. The second-order valence-corrected chi connectivity index (χ2v) is 6.59. The van der Waals surface area contributed by atoms with Crippen LogP contribution in [0.3, 0.4) is 0 Å². The number of aromatic nitrogens is 2. The number of halogens is 5. The summed E-state index contributed by atoms with van der Waals surface area (Å²) in [6.45, 7) is -5.50. The molecule has 7 nitrogen and oxygen atoms in total. The third-order valence-corrected chi connectivity index (χ3v) is 4.29. The Morgan fingerprint density at radius 2 is 1.48 bits per heavy atom. The monoisotopic (exact) mass is 473 g/mol. The molecule has 1 aromatic heterocycles. The summed E-state index contributed by atoms with van der Waals surface area (Å²) >= 11 is 0. The average molecular weight is 473 g/mol. The van der Waals surface area contributed by atoms with Gasteiger partial charge in [0.2, 0.25) is 0 Å². The zero-order valence-corrected chi connectivity index (χ0v) is 17.4. The quantitative estimate of drug-likeness (QED) is 0.291. The summed E-state index contributed by atoms with van der Waals surface area (Å²) in [5.41, 5.74) is 1.43. The van der Waals surface area contributed by atoms with Crippen molar-refractivity contribution in [3.05, 3.63) is 48.0 Å². The van der Waals surface area contributed by atoms with E-state index in [1.54, 1.807) is 13.0 Å². The Morgan fingerprint density at radius 1 is 0.848 bits per heavy atom. The Kier molecular flexibility index (Phi) is 8.55. The highest BCUT2D eigenvalue weighted by atomic mass is 19.3. The van der Waals surface area contributed by atoms with Gasteiger partial charge in [-0.15, -0.1) is 0 Å². The molecule has 0 aliphatic carbocycles. The van der Waals surface area contributed by atoms with E-state index in [1.165, 1.54) is 30.6 Å². The first-order valence-electron chi connectivity index (χ1n) is 9.70. The second-order valence-electron chi connectivity index (χ2n) is 6.59. The molecule has 178 valence electrons. The summed E-state index contributed by atoms with van der Waals surface area (Å²) in [7, 11) is 0. The minimum Gasteiger partial charge on any atom is -0.487 e. The molecule has 0 aliphatic heterocycles. The Bertz CT molecular complexity index is 1070. The summed E-state index contributed by atoms with van der Waals surface area (Å²) < 4.78 is 81.6. The van der Waals surface area contributed by atoms with Gasteiger partial charge in [0, 0.05) is 17.1 Å². The highest BCUT2D eigenvalue weighted by Crippen LogP contribution is 2.35. The van der Waals surface area contributed by atoms with Gasteiger partial charge < -0.3 is 24.3 Å². The van der Waals surface area contributed by atoms with Crippen LogP contribution in [0, 0.1) is 12.7 Å². The number of anilines is 2. The Hall–Kier alpha value is -3.25. The minimum atomic E-state index is -2.95. The predicted molar refractivity (Wildman–Crippen MR) is 109 cm³/mol. The van der Waals surface area contributed by atoms with Crippen LogP contribution in [0.5, 0.6) is 11.5 Å². The van der Waals surface area contributed by atoms with Crippen molar-refractivity contribution < 1.29 is 40.9 Å². The molecule has 3 rings (SSSR count). The summed E-state index contributed by atoms with van der Waals surface area (Å²) in [6.07, 6.45) is 1.29. The number of fused-ring (bicyclic) bond motifs is 1. The van der Waals surface area contributed by atoms with Gasteiger partial charge in [0.1, 0.15) is 31.2 Å². The van der Waals surface area contributed by atoms with Crippen molar-refractivity contribution in [2.75, 3.05) is 31.7 Å². The van der Waals surface area contributed by atoms with Crippen LogP contribution in [-0.2, 0) is 9.47 Å². The van der Waals surface area contributed by atoms with E-state index in [0.717, 1.165) is 0 Å². The van der Waals surface area contributed by atoms with Crippen LogP contribution in [0.1, 0.15) is 5.56 Å². The van der Waals surface area contributed by atoms with Gasteiger partial charge in [0.05, 0.1) is 18.7 Å². The van der Waals surface area contributed by atoms with Crippen LogP contribution in [0.2, 0.25) is 0 Å². The number of alkyl halides is 4. The molecule has 1 N–H and O–H groups in total. The molecule has 0 amide bonds. The molecule has 0 bridgehead atoms. The van der Waals surface area contributed by atoms with Crippen LogP contribution in [-0.4, -0.2) is 49.6 Å². The van der Waals surface area contributed by atoms with E-state index in [9.17, 15) is 22.0 Å². The van der Waals surface area contributed by atoms with E-state index in [-0.39, 0.29) is 37.1 Å². The normalized spacial score (nSPS) is 11.4. The highest BCUT2D eigenvalue weighted by molar-refractivity contribution is 5.93. The first-order valence-corrected chi connectivity index (χ1v) is 9.70. The molecular formula is C21H20F5N3O4. The average Bonchev–Trinajstić information content (AvgIpc) is 2.77. The largest absolute Gasteiger partial charge is 0.487 e. The van der Waals surface area contributed by atoms with Crippen molar-refractivity contribution in [2.24, 2.45) is 0 Å². The lowest BCUT2D eigenvalue weighted by molar-refractivity contribution is -0.134. The van der Waals surface area contributed by atoms with E-state index < -0.39 is 19.8 Å². The van der Waals surface area contributed by atoms with Gasteiger partial charge in [-0.25, -0.2) is 14.4 Å². The fraction of sp³-hybridized carbons (Fsp3) is 0.333. The van der Waals surface area contributed by atoms with Crippen LogP contribution >= 0.6 is 0 Å². The number of hydrogen-bond donors (Lipinski definition) is 1. The topological polar surface area (TPSA) is 74.7 Å². The molecule has 12 heteroatoms. The molecule has 0 radical (unpaired) electrons. The molecule has 0 atom stereocenters. The summed E-state index contributed by atoms with van der Waals surface area (Å²) in [4.78, 5) is 8.37. The summed E-state index contributed by atoms with van der Waals surface area (Å²) in [5.74, 6) is 0.282.